The summed E-state index contributed by atoms with van der Waals surface area (Å²) < 4.78 is 0. The number of aliphatic carboxylic acids is 1. The number of carbonyl (C=O) groups is 2. The van der Waals surface area contributed by atoms with Crippen molar-refractivity contribution in [2.24, 2.45) is 5.92 Å². The number of carboxylic acid groups (broad SMARTS) is 1. The summed E-state index contributed by atoms with van der Waals surface area (Å²) in [5, 5.41) is 8.90. The summed E-state index contributed by atoms with van der Waals surface area (Å²) in [4.78, 5) is 30.3. The first-order chi connectivity index (χ1) is 15.0. The summed E-state index contributed by atoms with van der Waals surface area (Å²) in [5.74, 6) is 2.52. The number of benzene rings is 1. The van der Waals surface area contributed by atoms with Crippen LogP contribution in [0, 0.1) is 18.3 Å². The summed E-state index contributed by atoms with van der Waals surface area (Å²) in [6.07, 6.45) is 12.5. The van der Waals surface area contributed by atoms with Gasteiger partial charge in [0.15, 0.2) is 0 Å². The highest BCUT2D eigenvalue weighted by atomic mass is 16.4. The van der Waals surface area contributed by atoms with Gasteiger partial charge in [0.2, 0.25) is 0 Å². The van der Waals surface area contributed by atoms with Crippen molar-refractivity contribution < 1.29 is 14.7 Å². The van der Waals surface area contributed by atoms with E-state index in [-0.39, 0.29) is 18.5 Å². The molecule has 3 aliphatic rings. The van der Waals surface area contributed by atoms with E-state index in [2.05, 4.69) is 29.0 Å². The average Bonchev–Trinajstić information content (AvgIpc) is 3.04. The molecule has 1 N–H and O–H groups in total. The molecule has 2 fully saturated rings. The Bertz CT molecular complexity index is 854. The van der Waals surface area contributed by atoms with Crippen molar-refractivity contribution in [1.82, 2.24) is 9.80 Å². The Morgan fingerprint density at radius 1 is 1.06 bits per heavy atom. The second kappa shape index (κ2) is 9.74. The predicted molar refractivity (Wildman–Crippen MR) is 121 cm³/mol. The third-order valence-electron chi connectivity index (χ3n) is 7.28. The number of hydrogen-bond acceptors (Lipinski definition) is 3. The molecule has 0 aromatic heterocycles. The number of terminal acetylenes is 1. The van der Waals surface area contributed by atoms with Gasteiger partial charge >= 0.3 is 12.0 Å². The molecule has 1 aromatic carbocycles. The lowest BCUT2D eigenvalue weighted by molar-refractivity contribution is -0.137. The van der Waals surface area contributed by atoms with Gasteiger partial charge in [0.25, 0.3) is 0 Å². The Kier molecular flexibility index (Phi) is 6.82. The van der Waals surface area contributed by atoms with Crippen molar-refractivity contribution in [1.29, 1.82) is 0 Å². The molecule has 0 unspecified atom stereocenters. The molecule has 0 radical (unpaired) electrons. The number of nitrogens with zero attached hydrogens (tertiary/aromatic N) is 3. The van der Waals surface area contributed by atoms with Gasteiger partial charge in [0.1, 0.15) is 0 Å². The number of amides is 2. The number of rotatable bonds is 6. The lowest BCUT2D eigenvalue weighted by Gasteiger charge is -2.34. The van der Waals surface area contributed by atoms with Crippen molar-refractivity contribution in [3.05, 3.63) is 29.3 Å². The number of carboxylic acids is 1. The quantitative estimate of drug-likeness (QED) is 0.713. The normalized spacial score (nSPS) is 24.5. The molecule has 0 bridgehead atoms. The Morgan fingerprint density at radius 2 is 1.81 bits per heavy atom. The summed E-state index contributed by atoms with van der Waals surface area (Å²) in [7, 11) is 0. The smallest absolute Gasteiger partial charge is 0.324 e. The minimum Gasteiger partial charge on any atom is -0.481 e. The van der Waals surface area contributed by atoms with Crippen molar-refractivity contribution in [3.63, 3.8) is 0 Å². The van der Waals surface area contributed by atoms with E-state index in [9.17, 15) is 9.59 Å². The van der Waals surface area contributed by atoms with Crippen LogP contribution in [0.2, 0.25) is 0 Å². The minimum atomic E-state index is -0.711. The lowest BCUT2D eigenvalue weighted by atomic mass is 9.83. The fraction of sp³-hybridized carbons (Fsp3) is 0.600. The molecule has 2 aliphatic heterocycles. The number of carbonyl (C=O) groups excluding carboxylic acids is 1. The number of hydrogen-bond donors (Lipinski definition) is 1. The molecule has 6 heteroatoms. The van der Waals surface area contributed by atoms with E-state index in [1.165, 1.54) is 11.1 Å². The molecule has 1 saturated heterocycles. The lowest BCUT2D eigenvalue weighted by Crippen LogP contribution is -2.41. The van der Waals surface area contributed by atoms with Crippen LogP contribution < -0.4 is 4.90 Å². The van der Waals surface area contributed by atoms with Crippen LogP contribution in [0.15, 0.2) is 18.2 Å². The van der Waals surface area contributed by atoms with Crippen LogP contribution in [0.3, 0.4) is 0 Å². The van der Waals surface area contributed by atoms with E-state index >= 15 is 0 Å². The second-order valence-corrected chi connectivity index (χ2v) is 9.17. The van der Waals surface area contributed by atoms with Gasteiger partial charge in [0, 0.05) is 44.3 Å². The predicted octanol–water partition coefficient (Wildman–Crippen LogP) is 3.39. The minimum absolute atomic E-state index is 0.122. The van der Waals surface area contributed by atoms with Crippen LogP contribution in [0.1, 0.15) is 49.7 Å². The van der Waals surface area contributed by atoms with Crippen molar-refractivity contribution in [2.75, 3.05) is 37.6 Å². The van der Waals surface area contributed by atoms with E-state index in [4.69, 9.17) is 11.5 Å². The topological polar surface area (TPSA) is 64.1 Å². The van der Waals surface area contributed by atoms with Crippen LogP contribution in [-0.4, -0.2) is 65.7 Å². The van der Waals surface area contributed by atoms with Gasteiger partial charge in [-0.3, -0.25) is 14.6 Å². The van der Waals surface area contributed by atoms with Gasteiger partial charge in [-0.2, -0.15) is 0 Å². The van der Waals surface area contributed by atoms with Gasteiger partial charge in [-0.05, 0) is 74.1 Å². The standard InChI is InChI=1S/C25H33N3O3/c1-2-13-26-14-11-20-6-9-23(18-21(20)12-15-26)28-17-16-27(25(28)31)22-7-3-19(4-8-22)5-10-24(29)30/h1,6,9,18-19,22H,3-5,7-8,10-17H2,(H,29,30)/t19-,22-. The zero-order valence-corrected chi connectivity index (χ0v) is 18.3. The number of fused-ring (bicyclic) bond motifs is 1. The number of anilines is 1. The zero-order chi connectivity index (χ0) is 21.8. The first kappa shape index (κ1) is 21.7. The van der Waals surface area contributed by atoms with E-state index < -0.39 is 5.97 Å². The van der Waals surface area contributed by atoms with E-state index in [0.29, 0.717) is 12.5 Å². The van der Waals surface area contributed by atoms with Gasteiger partial charge in [-0.25, -0.2) is 4.79 Å². The maximum Gasteiger partial charge on any atom is 0.324 e. The molecule has 6 nitrogen and oxygen atoms in total. The fourth-order valence-corrected chi connectivity index (χ4v) is 5.42. The SMILES string of the molecule is C#CCN1CCc2ccc(N3CCN([C@H]4CC[C@H](CCC(=O)O)CC4)C3=O)cc2CC1. The second-order valence-electron chi connectivity index (χ2n) is 9.17. The van der Waals surface area contributed by atoms with Gasteiger partial charge < -0.3 is 10.0 Å². The number of urea groups is 1. The summed E-state index contributed by atoms with van der Waals surface area (Å²) in [5.41, 5.74) is 3.71. The molecule has 4 rings (SSSR count). The molecule has 1 aliphatic carbocycles. The average molecular weight is 424 g/mol. The molecule has 31 heavy (non-hydrogen) atoms. The van der Waals surface area contributed by atoms with E-state index in [1.54, 1.807) is 0 Å². The first-order valence-electron chi connectivity index (χ1n) is 11.6. The van der Waals surface area contributed by atoms with Crippen LogP contribution in [0.5, 0.6) is 0 Å². The molecule has 1 saturated carbocycles. The highest BCUT2D eigenvalue weighted by Crippen LogP contribution is 2.33. The molecule has 0 atom stereocenters. The van der Waals surface area contributed by atoms with Crippen molar-refractivity contribution in [3.8, 4) is 12.3 Å². The Morgan fingerprint density at radius 3 is 2.52 bits per heavy atom. The van der Waals surface area contributed by atoms with E-state index in [0.717, 1.165) is 76.8 Å². The molecule has 2 heterocycles. The van der Waals surface area contributed by atoms with Crippen LogP contribution in [0.4, 0.5) is 10.5 Å². The molecule has 0 spiro atoms. The van der Waals surface area contributed by atoms with Gasteiger partial charge in [-0.15, -0.1) is 6.42 Å². The van der Waals surface area contributed by atoms with Crippen LogP contribution in [-0.2, 0) is 17.6 Å². The van der Waals surface area contributed by atoms with Crippen LogP contribution in [0.25, 0.3) is 0 Å². The first-order valence-corrected chi connectivity index (χ1v) is 11.6. The maximum absolute atomic E-state index is 13.2. The van der Waals surface area contributed by atoms with Crippen molar-refractivity contribution in [2.45, 2.75) is 57.4 Å². The fourth-order valence-electron chi connectivity index (χ4n) is 5.42. The molecular formula is C25H33N3O3. The molecule has 2 amide bonds. The summed E-state index contributed by atoms with van der Waals surface area (Å²) in [6.45, 7) is 4.16. The summed E-state index contributed by atoms with van der Waals surface area (Å²) >= 11 is 0. The highest BCUT2D eigenvalue weighted by molar-refractivity contribution is 5.94. The Labute approximate surface area is 185 Å². The van der Waals surface area contributed by atoms with Crippen LogP contribution >= 0.6 is 0 Å². The molecule has 1 aromatic rings. The highest BCUT2D eigenvalue weighted by Gasteiger charge is 2.36. The van der Waals surface area contributed by atoms with Crippen molar-refractivity contribution >= 4 is 17.7 Å². The Hall–Kier alpha value is -2.52. The summed E-state index contributed by atoms with van der Waals surface area (Å²) in [6, 6.07) is 6.90. The maximum atomic E-state index is 13.2. The van der Waals surface area contributed by atoms with E-state index in [1.807, 2.05) is 9.80 Å². The largest absolute Gasteiger partial charge is 0.481 e. The monoisotopic (exact) mass is 423 g/mol. The molecule has 166 valence electrons. The third-order valence-corrected chi connectivity index (χ3v) is 7.28. The van der Waals surface area contributed by atoms with Gasteiger partial charge in [-0.1, -0.05) is 12.0 Å². The third kappa shape index (κ3) is 5.04. The Balaban J connectivity index is 1.36. The zero-order valence-electron chi connectivity index (χ0n) is 18.3. The van der Waals surface area contributed by atoms with Gasteiger partial charge in [0.05, 0.1) is 6.54 Å². The molecular weight excluding hydrogens is 390 g/mol.